The molecule has 0 atom stereocenters. The fraction of sp³-hybridized carbons (Fsp3) is 0.136. The zero-order valence-corrected chi connectivity index (χ0v) is 16.9. The summed E-state index contributed by atoms with van der Waals surface area (Å²) >= 11 is 0. The summed E-state index contributed by atoms with van der Waals surface area (Å²) in [6, 6.07) is 11.3. The predicted octanol–water partition coefficient (Wildman–Crippen LogP) is 6.00. The van der Waals surface area contributed by atoms with Crippen molar-refractivity contribution >= 4 is 17.2 Å². The zero-order chi connectivity index (χ0) is 23.7. The molecule has 0 saturated heterocycles. The Bertz CT molecular complexity index is 1380. The van der Waals surface area contributed by atoms with Gasteiger partial charge in [-0.05, 0) is 55.0 Å². The summed E-state index contributed by atoms with van der Waals surface area (Å²) in [6.45, 7) is -1.41. The molecule has 0 fully saturated rings. The summed E-state index contributed by atoms with van der Waals surface area (Å²) in [4.78, 5) is 8.18. The molecule has 0 spiro atoms. The second-order valence-electron chi connectivity index (χ2n) is 6.94. The lowest BCUT2D eigenvalue weighted by Gasteiger charge is -2.12. The molecule has 0 unspecified atom stereocenters. The van der Waals surface area contributed by atoms with Gasteiger partial charge in [-0.3, -0.25) is 4.40 Å². The molecule has 168 valence electrons. The van der Waals surface area contributed by atoms with Gasteiger partial charge in [0.15, 0.2) is 0 Å². The fourth-order valence-corrected chi connectivity index (χ4v) is 3.33. The maximum absolute atomic E-state index is 13.8. The van der Waals surface area contributed by atoms with E-state index in [0.717, 1.165) is 16.7 Å². The van der Waals surface area contributed by atoms with Crippen LogP contribution in [-0.2, 0) is 0 Å². The second kappa shape index (κ2) is 8.74. The molecular weight excluding hydrogens is 445 g/mol. The normalized spacial score (nSPS) is 11.2. The minimum Gasteiger partial charge on any atom is -0.435 e. The van der Waals surface area contributed by atoms with Gasteiger partial charge in [0.1, 0.15) is 34.4 Å². The molecule has 33 heavy (non-hydrogen) atoms. The number of nitrogens with one attached hydrogen (secondary N) is 1. The minimum atomic E-state index is -2.98. The summed E-state index contributed by atoms with van der Waals surface area (Å²) in [5.41, 5.74) is 0.235. The number of halogens is 5. The van der Waals surface area contributed by atoms with Crippen LogP contribution in [0, 0.1) is 24.1 Å². The van der Waals surface area contributed by atoms with Crippen molar-refractivity contribution in [3.8, 4) is 23.2 Å². The van der Waals surface area contributed by atoms with E-state index in [-0.39, 0.29) is 34.2 Å². The molecule has 0 radical (unpaired) electrons. The SMILES string of the molecule is Cc1cc(Nc2cc(C#N)cc(-c3c(C(F)F)nc4ccc(F)cn34)n2)ccc1OC(F)F. The van der Waals surface area contributed by atoms with E-state index in [1.165, 1.54) is 36.4 Å². The summed E-state index contributed by atoms with van der Waals surface area (Å²) in [7, 11) is 0. The van der Waals surface area contributed by atoms with E-state index in [1.54, 1.807) is 6.92 Å². The van der Waals surface area contributed by atoms with Gasteiger partial charge >= 0.3 is 6.61 Å². The molecule has 0 aliphatic carbocycles. The van der Waals surface area contributed by atoms with E-state index in [9.17, 15) is 27.2 Å². The molecule has 0 bridgehead atoms. The van der Waals surface area contributed by atoms with Crippen LogP contribution in [0.1, 0.15) is 23.2 Å². The predicted molar refractivity (Wildman–Crippen MR) is 109 cm³/mol. The quantitative estimate of drug-likeness (QED) is 0.358. The van der Waals surface area contributed by atoms with Gasteiger partial charge in [0.05, 0.1) is 17.3 Å². The summed E-state index contributed by atoms with van der Waals surface area (Å²) in [5.74, 6) is -0.555. The number of hydrogen-bond acceptors (Lipinski definition) is 5. The minimum absolute atomic E-state index is 0.00990. The molecule has 4 rings (SSSR count). The van der Waals surface area contributed by atoms with Crippen LogP contribution < -0.4 is 10.1 Å². The lowest BCUT2D eigenvalue weighted by Crippen LogP contribution is -2.04. The van der Waals surface area contributed by atoms with Gasteiger partial charge in [0.25, 0.3) is 6.43 Å². The molecule has 4 aromatic rings. The molecule has 3 aromatic heterocycles. The van der Waals surface area contributed by atoms with Crippen LogP contribution in [0.4, 0.5) is 33.5 Å². The molecule has 3 heterocycles. The maximum Gasteiger partial charge on any atom is 0.387 e. The molecule has 0 amide bonds. The Morgan fingerprint density at radius 1 is 1.06 bits per heavy atom. The van der Waals surface area contributed by atoms with Gasteiger partial charge in [-0.15, -0.1) is 0 Å². The number of aromatic nitrogens is 3. The van der Waals surface area contributed by atoms with E-state index in [1.807, 2.05) is 6.07 Å². The van der Waals surface area contributed by atoms with Gasteiger partial charge in [-0.1, -0.05) is 0 Å². The third kappa shape index (κ3) is 4.55. The Morgan fingerprint density at radius 3 is 2.52 bits per heavy atom. The van der Waals surface area contributed by atoms with Crippen LogP contribution in [0.3, 0.4) is 0 Å². The molecule has 0 aliphatic heterocycles. The molecule has 1 N–H and O–H groups in total. The van der Waals surface area contributed by atoms with Crippen molar-refractivity contribution in [2.45, 2.75) is 20.0 Å². The Labute approximate surface area is 183 Å². The van der Waals surface area contributed by atoms with E-state index in [4.69, 9.17) is 0 Å². The first-order valence-electron chi connectivity index (χ1n) is 9.46. The molecule has 6 nitrogen and oxygen atoms in total. The Morgan fingerprint density at radius 2 is 1.85 bits per heavy atom. The number of benzene rings is 1. The first-order valence-corrected chi connectivity index (χ1v) is 9.46. The highest BCUT2D eigenvalue weighted by molar-refractivity contribution is 5.70. The zero-order valence-electron chi connectivity index (χ0n) is 16.9. The first kappa shape index (κ1) is 22.0. The van der Waals surface area contributed by atoms with Gasteiger partial charge in [0.2, 0.25) is 0 Å². The van der Waals surface area contributed by atoms with Crippen molar-refractivity contribution in [3.05, 3.63) is 71.3 Å². The van der Waals surface area contributed by atoms with Crippen LogP contribution in [0.5, 0.6) is 5.75 Å². The number of nitriles is 1. The van der Waals surface area contributed by atoms with E-state index >= 15 is 0 Å². The molecular formula is C22H14F5N5O. The Hall–Kier alpha value is -4.20. The van der Waals surface area contributed by atoms with Crippen LogP contribution in [0.25, 0.3) is 17.0 Å². The van der Waals surface area contributed by atoms with E-state index in [2.05, 4.69) is 20.0 Å². The number of ether oxygens (including phenoxy) is 1. The number of alkyl halides is 4. The number of anilines is 2. The monoisotopic (exact) mass is 459 g/mol. The van der Waals surface area contributed by atoms with Crippen LogP contribution in [-0.4, -0.2) is 21.0 Å². The highest BCUT2D eigenvalue weighted by atomic mass is 19.3. The van der Waals surface area contributed by atoms with Crippen molar-refractivity contribution in [1.29, 1.82) is 5.26 Å². The molecule has 11 heteroatoms. The summed E-state index contributed by atoms with van der Waals surface area (Å²) < 4.78 is 71.7. The number of hydrogen-bond donors (Lipinski definition) is 1. The van der Waals surface area contributed by atoms with Crippen LogP contribution in [0.15, 0.2) is 48.7 Å². The highest BCUT2D eigenvalue weighted by Gasteiger charge is 2.23. The molecule has 0 saturated carbocycles. The van der Waals surface area contributed by atoms with E-state index in [0.29, 0.717) is 11.3 Å². The van der Waals surface area contributed by atoms with Gasteiger partial charge in [-0.25, -0.2) is 23.1 Å². The van der Waals surface area contributed by atoms with Crippen molar-refractivity contribution in [3.63, 3.8) is 0 Å². The largest absolute Gasteiger partial charge is 0.435 e. The number of nitrogens with zero attached hydrogens (tertiary/aromatic N) is 4. The number of pyridine rings is 2. The highest BCUT2D eigenvalue weighted by Crippen LogP contribution is 2.33. The maximum atomic E-state index is 13.8. The van der Waals surface area contributed by atoms with Crippen LogP contribution >= 0.6 is 0 Å². The number of imidazole rings is 1. The van der Waals surface area contributed by atoms with Crippen molar-refractivity contribution in [2.75, 3.05) is 5.32 Å². The molecule has 0 aliphatic rings. The van der Waals surface area contributed by atoms with Gasteiger partial charge < -0.3 is 10.1 Å². The smallest absolute Gasteiger partial charge is 0.387 e. The Kier molecular flexibility index (Phi) is 5.83. The third-order valence-corrected chi connectivity index (χ3v) is 4.68. The second-order valence-corrected chi connectivity index (χ2v) is 6.94. The first-order chi connectivity index (χ1) is 15.7. The Balaban J connectivity index is 1.79. The average molecular weight is 459 g/mol. The van der Waals surface area contributed by atoms with E-state index < -0.39 is 24.5 Å². The number of fused-ring (bicyclic) bond motifs is 1. The van der Waals surface area contributed by atoms with Crippen molar-refractivity contribution in [2.24, 2.45) is 0 Å². The molecule has 1 aromatic carbocycles. The fourth-order valence-electron chi connectivity index (χ4n) is 3.33. The van der Waals surface area contributed by atoms with Gasteiger partial charge in [-0.2, -0.15) is 14.0 Å². The van der Waals surface area contributed by atoms with Crippen molar-refractivity contribution in [1.82, 2.24) is 14.4 Å². The lowest BCUT2D eigenvalue weighted by atomic mass is 10.1. The number of rotatable bonds is 6. The number of aryl methyl sites for hydroxylation is 1. The standard InChI is InChI=1S/C22H14F5N5O/c1-11-6-14(3-4-16(11)33-22(26)27)29-17-8-12(9-28)7-15(30-17)20-19(21(24)25)31-18-5-2-13(23)10-32(18)20/h2-8,10,21-22H,1H3,(H,29,30). The average Bonchev–Trinajstić information content (AvgIpc) is 3.14. The summed E-state index contributed by atoms with van der Waals surface area (Å²) in [6.07, 6.45) is -1.97. The lowest BCUT2D eigenvalue weighted by molar-refractivity contribution is -0.0502. The van der Waals surface area contributed by atoms with Crippen LogP contribution in [0.2, 0.25) is 0 Å². The summed E-state index contributed by atoms with van der Waals surface area (Å²) in [5, 5.41) is 12.3. The third-order valence-electron chi connectivity index (χ3n) is 4.68. The topological polar surface area (TPSA) is 75.2 Å². The van der Waals surface area contributed by atoms with Gasteiger partial charge in [0, 0.05) is 11.9 Å². The van der Waals surface area contributed by atoms with Crippen molar-refractivity contribution < 1.29 is 26.7 Å².